The van der Waals surface area contributed by atoms with Gasteiger partial charge in [0, 0.05) is 35.6 Å². The fourth-order valence-electron chi connectivity index (χ4n) is 4.94. The van der Waals surface area contributed by atoms with Crippen molar-refractivity contribution in [2.45, 2.75) is 78.2 Å². The summed E-state index contributed by atoms with van der Waals surface area (Å²) in [6.07, 6.45) is 14.5. The van der Waals surface area contributed by atoms with Gasteiger partial charge in [0.05, 0.1) is 16.9 Å². The van der Waals surface area contributed by atoms with E-state index < -0.39 is 0 Å². The molecule has 1 aliphatic rings. The number of phenols is 1. The minimum atomic E-state index is -0.135. The summed E-state index contributed by atoms with van der Waals surface area (Å²) >= 11 is 0. The molecule has 3 aromatic rings. The van der Waals surface area contributed by atoms with Gasteiger partial charge in [0.2, 0.25) is 5.95 Å². The molecule has 1 fully saturated rings. The van der Waals surface area contributed by atoms with Crippen molar-refractivity contribution < 1.29 is 9.90 Å². The SMILES string of the molecule is C/C=C(\N=CCC)c1ccnc(Nc2cc(O)c3[nH]c(C(=O)NC4CCC(CCCC)CC4)cc3c2)n1. The van der Waals surface area contributed by atoms with E-state index in [1.54, 1.807) is 18.3 Å². The van der Waals surface area contributed by atoms with Crippen LogP contribution in [0.15, 0.2) is 41.5 Å². The number of benzene rings is 1. The highest BCUT2D eigenvalue weighted by Crippen LogP contribution is 2.31. The molecule has 1 amide bonds. The number of H-pyrrole nitrogens is 1. The fraction of sp³-hybridized carbons (Fsp3) is 0.448. The predicted molar refractivity (Wildman–Crippen MR) is 150 cm³/mol. The summed E-state index contributed by atoms with van der Waals surface area (Å²) < 4.78 is 0. The van der Waals surface area contributed by atoms with Crippen molar-refractivity contribution in [3.63, 3.8) is 0 Å². The van der Waals surface area contributed by atoms with E-state index in [-0.39, 0.29) is 17.7 Å². The van der Waals surface area contributed by atoms with Gasteiger partial charge in [0.25, 0.3) is 5.91 Å². The summed E-state index contributed by atoms with van der Waals surface area (Å²) in [5.41, 5.74) is 3.06. The Morgan fingerprint density at radius 3 is 2.76 bits per heavy atom. The fourth-order valence-corrected chi connectivity index (χ4v) is 4.94. The Morgan fingerprint density at radius 1 is 1.22 bits per heavy atom. The number of rotatable bonds is 10. The van der Waals surface area contributed by atoms with Crippen LogP contribution >= 0.6 is 0 Å². The van der Waals surface area contributed by atoms with Gasteiger partial charge < -0.3 is 20.7 Å². The summed E-state index contributed by atoms with van der Waals surface area (Å²) in [6.45, 7) is 6.18. The molecule has 196 valence electrons. The van der Waals surface area contributed by atoms with Gasteiger partial charge in [-0.3, -0.25) is 9.79 Å². The van der Waals surface area contributed by atoms with Crippen molar-refractivity contribution in [3.05, 3.63) is 47.9 Å². The molecule has 8 nitrogen and oxygen atoms in total. The number of phenolic OH excluding ortho intramolecular Hbond substituents is 1. The second-order valence-corrected chi connectivity index (χ2v) is 9.76. The van der Waals surface area contributed by atoms with Crippen molar-refractivity contribution in [2.24, 2.45) is 10.9 Å². The Balaban J connectivity index is 1.44. The van der Waals surface area contributed by atoms with Crippen molar-refractivity contribution in [1.29, 1.82) is 0 Å². The largest absolute Gasteiger partial charge is 0.506 e. The van der Waals surface area contributed by atoms with Gasteiger partial charge in [-0.1, -0.05) is 39.2 Å². The highest BCUT2D eigenvalue weighted by Gasteiger charge is 2.23. The number of carbonyl (C=O) groups is 1. The molecule has 0 spiro atoms. The van der Waals surface area contributed by atoms with Crippen molar-refractivity contribution >= 4 is 40.4 Å². The van der Waals surface area contributed by atoms with Crippen LogP contribution in [0, 0.1) is 5.92 Å². The minimum absolute atomic E-state index is 0.0494. The molecule has 0 atom stereocenters. The third-order valence-electron chi connectivity index (χ3n) is 6.96. The van der Waals surface area contributed by atoms with E-state index in [1.807, 2.05) is 38.3 Å². The van der Waals surface area contributed by atoms with Crippen molar-refractivity contribution in [2.75, 3.05) is 5.32 Å². The normalized spacial score (nSPS) is 18.4. The van der Waals surface area contributed by atoms with Gasteiger partial charge in [0.15, 0.2) is 0 Å². The number of fused-ring (bicyclic) bond motifs is 1. The van der Waals surface area contributed by atoms with E-state index in [4.69, 9.17) is 0 Å². The lowest BCUT2D eigenvalue weighted by molar-refractivity contribution is 0.0917. The molecule has 0 radical (unpaired) electrons. The standard InChI is InChI=1S/C29H38N6O2/c1-4-7-8-19-9-11-21(12-10-19)32-28(37)25-17-20-16-22(18-26(36)27(20)34-25)33-29-31-15-13-24(35-29)23(6-3)30-14-5-2/h6,13-19,21,34,36H,4-5,7-12H2,1-3H3,(H,32,37)(H,31,33,35)/b23-6-,30-14?. The van der Waals surface area contributed by atoms with Gasteiger partial charge in [-0.25, -0.2) is 9.97 Å². The maximum absolute atomic E-state index is 13.0. The maximum Gasteiger partial charge on any atom is 0.267 e. The Kier molecular flexibility index (Phi) is 8.93. The van der Waals surface area contributed by atoms with Crippen LogP contribution in [0.3, 0.4) is 0 Å². The number of nitrogens with zero attached hydrogens (tertiary/aromatic N) is 3. The number of nitrogens with one attached hydrogen (secondary N) is 3. The van der Waals surface area contributed by atoms with Gasteiger partial charge in [-0.15, -0.1) is 0 Å². The van der Waals surface area contributed by atoms with Crippen molar-refractivity contribution in [3.8, 4) is 5.75 Å². The quantitative estimate of drug-likeness (QED) is 0.230. The van der Waals surface area contributed by atoms with Crippen molar-refractivity contribution in [1.82, 2.24) is 20.3 Å². The van der Waals surface area contributed by atoms with Gasteiger partial charge in [-0.05, 0) is 63.1 Å². The van der Waals surface area contributed by atoms with Crippen LogP contribution in [0.4, 0.5) is 11.6 Å². The lowest BCUT2D eigenvalue weighted by Gasteiger charge is -2.29. The average Bonchev–Trinajstić information content (AvgIpc) is 3.34. The second-order valence-electron chi connectivity index (χ2n) is 9.76. The van der Waals surface area contributed by atoms with E-state index in [9.17, 15) is 9.90 Å². The van der Waals surface area contributed by atoms with Crippen LogP contribution in [0.2, 0.25) is 0 Å². The average molecular weight is 503 g/mol. The third-order valence-corrected chi connectivity index (χ3v) is 6.96. The second kappa shape index (κ2) is 12.5. The number of anilines is 2. The smallest absolute Gasteiger partial charge is 0.267 e. The maximum atomic E-state index is 13.0. The molecule has 1 aliphatic carbocycles. The summed E-state index contributed by atoms with van der Waals surface area (Å²) in [7, 11) is 0. The molecule has 0 saturated heterocycles. The summed E-state index contributed by atoms with van der Waals surface area (Å²) in [5, 5.41) is 17.7. The van der Waals surface area contributed by atoms with E-state index in [0.717, 1.165) is 36.3 Å². The first-order valence-corrected chi connectivity index (χ1v) is 13.5. The molecule has 4 rings (SSSR count). The summed E-state index contributed by atoms with van der Waals surface area (Å²) in [4.78, 5) is 29.4. The molecule has 1 saturated carbocycles. The molecular weight excluding hydrogens is 464 g/mol. The highest BCUT2D eigenvalue weighted by atomic mass is 16.3. The van der Waals surface area contributed by atoms with Crippen LogP contribution in [-0.2, 0) is 0 Å². The molecule has 0 bridgehead atoms. The number of aromatic amines is 1. The van der Waals surface area contributed by atoms with E-state index in [2.05, 4.69) is 37.5 Å². The number of carbonyl (C=O) groups excluding carboxylic acids is 1. The van der Waals surface area contributed by atoms with E-state index in [1.165, 1.54) is 32.1 Å². The number of amides is 1. The molecule has 4 N–H and O–H groups in total. The van der Waals surface area contributed by atoms with Crippen LogP contribution in [0.5, 0.6) is 5.75 Å². The van der Waals surface area contributed by atoms with Crippen LogP contribution in [-0.4, -0.2) is 38.2 Å². The van der Waals surface area contributed by atoms with E-state index >= 15 is 0 Å². The number of aromatic hydroxyl groups is 1. The monoisotopic (exact) mass is 502 g/mol. The third kappa shape index (κ3) is 6.76. The molecule has 37 heavy (non-hydrogen) atoms. The lowest BCUT2D eigenvalue weighted by atomic mass is 9.83. The van der Waals surface area contributed by atoms with Gasteiger partial charge in [0.1, 0.15) is 11.4 Å². The van der Waals surface area contributed by atoms with Crippen LogP contribution < -0.4 is 10.6 Å². The zero-order valence-electron chi connectivity index (χ0n) is 22.1. The topological polar surface area (TPSA) is 115 Å². The molecule has 2 heterocycles. The first-order valence-electron chi connectivity index (χ1n) is 13.5. The number of unbranched alkanes of at least 4 members (excludes halogenated alkanes) is 1. The summed E-state index contributed by atoms with van der Waals surface area (Å²) in [5.74, 6) is 1.10. The molecular formula is C29H38N6O2. The van der Waals surface area contributed by atoms with E-state index in [0.29, 0.717) is 28.5 Å². The first kappa shape index (κ1) is 26.4. The number of allylic oxidation sites excluding steroid dienone is 1. The molecule has 0 unspecified atom stereocenters. The van der Waals surface area contributed by atoms with Crippen LogP contribution in [0.1, 0.15) is 88.3 Å². The molecule has 8 heteroatoms. The Hall–Kier alpha value is -3.68. The number of hydrogen-bond donors (Lipinski definition) is 4. The molecule has 2 aromatic heterocycles. The Labute approximate surface area is 218 Å². The van der Waals surface area contributed by atoms with Crippen LogP contribution in [0.25, 0.3) is 16.6 Å². The summed E-state index contributed by atoms with van der Waals surface area (Å²) in [6, 6.07) is 7.25. The zero-order chi connectivity index (χ0) is 26.2. The zero-order valence-corrected chi connectivity index (χ0v) is 22.1. The van der Waals surface area contributed by atoms with Gasteiger partial charge in [-0.2, -0.15) is 0 Å². The minimum Gasteiger partial charge on any atom is -0.506 e. The molecule has 1 aromatic carbocycles. The number of aromatic nitrogens is 3. The highest BCUT2D eigenvalue weighted by molar-refractivity contribution is 6.00. The predicted octanol–water partition coefficient (Wildman–Crippen LogP) is 6.73. The first-order chi connectivity index (χ1) is 18.0. The Bertz CT molecular complexity index is 1270. The number of aliphatic imine (C=N–C) groups is 1. The molecule has 0 aliphatic heterocycles. The lowest BCUT2D eigenvalue weighted by Crippen LogP contribution is -2.37. The number of hydrogen-bond acceptors (Lipinski definition) is 6. The van der Waals surface area contributed by atoms with Gasteiger partial charge >= 0.3 is 0 Å². The Morgan fingerprint density at radius 2 is 2.03 bits per heavy atom.